The number of nitrogens with zero attached hydrogens (tertiary/aromatic N) is 4. The van der Waals surface area contributed by atoms with Crippen LogP contribution in [-0.2, 0) is 17.8 Å². The highest BCUT2D eigenvalue weighted by atomic mass is 16.5. The zero-order valence-corrected chi connectivity index (χ0v) is 14.9. The number of nitriles is 1. The molecule has 0 fully saturated rings. The number of aromatic nitrogens is 2. The lowest BCUT2D eigenvalue weighted by Gasteiger charge is -2.22. The maximum absolute atomic E-state index is 12.4. The molecule has 0 saturated carbocycles. The van der Waals surface area contributed by atoms with Crippen LogP contribution in [0.5, 0.6) is 0 Å². The molecule has 1 heterocycles. The normalized spacial score (nSPS) is 11.7. The second-order valence-corrected chi connectivity index (χ2v) is 5.92. The zero-order chi connectivity index (χ0) is 18.6. The van der Waals surface area contributed by atoms with Gasteiger partial charge in [-0.1, -0.05) is 12.1 Å². The number of rotatable bonds is 5. The maximum Gasteiger partial charge on any atom is 0.414 e. The van der Waals surface area contributed by atoms with E-state index in [2.05, 4.69) is 11.2 Å². The van der Waals surface area contributed by atoms with E-state index in [1.165, 1.54) is 12.0 Å². The number of aryl methyl sites for hydroxylation is 1. The molecule has 0 aliphatic rings. The molecule has 0 bridgehead atoms. The number of carbonyl (C=O) groups excluding carboxylic acids is 1. The molecule has 2 rings (SSSR count). The Kier molecular flexibility index (Phi) is 5.78. The van der Waals surface area contributed by atoms with Gasteiger partial charge in [-0.15, -0.1) is 0 Å². The van der Waals surface area contributed by atoms with E-state index in [1.54, 1.807) is 29.8 Å². The molecule has 25 heavy (non-hydrogen) atoms. The number of hydrogen-bond donors (Lipinski definition) is 1. The summed E-state index contributed by atoms with van der Waals surface area (Å²) in [4.78, 5) is 13.9. The molecule has 1 N–H and O–H groups in total. The van der Waals surface area contributed by atoms with Gasteiger partial charge in [0.15, 0.2) is 0 Å². The predicted molar refractivity (Wildman–Crippen MR) is 93.1 cm³/mol. The van der Waals surface area contributed by atoms with Crippen LogP contribution in [0.1, 0.15) is 29.4 Å². The average Bonchev–Trinajstić information content (AvgIpc) is 2.85. The van der Waals surface area contributed by atoms with Crippen molar-refractivity contribution >= 4 is 11.8 Å². The lowest BCUT2D eigenvalue weighted by molar-refractivity contribution is 0.167. The highest BCUT2D eigenvalue weighted by Crippen LogP contribution is 2.27. The molecule has 132 valence electrons. The van der Waals surface area contributed by atoms with Gasteiger partial charge in [0, 0.05) is 0 Å². The highest BCUT2D eigenvalue weighted by molar-refractivity contribution is 5.89. The van der Waals surface area contributed by atoms with E-state index >= 15 is 0 Å². The molecule has 0 aliphatic carbocycles. The fraction of sp³-hybridized carbons (Fsp3) is 0.389. The van der Waals surface area contributed by atoms with Gasteiger partial charge in [0.05, 0.1) is 55.0 Å². The number of methoxy groups -OCH3 is 1. The van der Waals surface area contributed by atoms with Crippen molar-refractivity contribution in [2.75, 3.05) is 12.0 Å². The molecular weight excluding hydrogens is 320 g/mol. The lowest BCUT2D eigenvalue weighted by atomic mass is 10.1. The molecular formula is C18H22N4O3. The number of ether oxygens (including phenoxy) is 1. The van der Waals surface area contributed by atoms with Gasteiger partial charge in [0.2, 0.25) is 0 Å². The third kappa shape index (κ3) is 4.17. The third-order valence-electron chi connectivity index (χ3n) is 3.84. The van der Waals surface area contributed by atoms with Crippen molar-refractivity contribution < 1.29 is 14.6 Å². The molecule has 0 saturated heterocycles. The number of carbonyl (C=O) groups is 1. The van der Waals surface area contributed by atoms with Crippen molar-refractivity contribution in [3.63, 3.8) is 0 Å². The largest absolute Gasteiger partial charge is 0.452 e. The number of anilines is 1. The topological polar surface area (TPSA) is 91.4 Å². The summed E-state index contributed by atoms with van der Waals surface area (Å²) in [7, 11) is 1.33. The van der Waals surface area contributed by atoms with E-state index in [1.807, 2.05) is 19.9 Å². The Morgan fingerprint density at radius 1 is 1.48 bits per heavy atom. The van der Waals surface area contributed by atoms with E-state index in [4.69, 9.17) is 10.00 Å². The molecule has 2 aromatic rings. The van der Waals surface area contributed by atoms with Crippen LogP contribution in [0, 0.1) is 25.2 Å². The molecule has 1 aromatic heterocycles. The first-order chi connectivity index (χ1) is 11.9. The van der Waals surface area contributed by atoms with Gasteiger partial charge in [-0.2, -0.15) is 10.4 Å². The number of benzene rings is 1. The van der Waals surface area contributed by atoms with Gasteiger partial charge in [-0.3, -0.25) is 9.58 Å². The minimum atomic E-state index is -0.551. The standard InChI is InChI=1S/C18H22N4O3/c1-12(23)10-22-14(3)17(13(2)20-22)21(18(24)25-4)11-16-7-5-6-15(8-16)9-19/h5-8,12,23H,10-11H2,1-4H3. The summed E-state index contributed by atoms with van der Waals surface area (Å²) in [5.74, 6) is 0. The summed E-state index contributed by atoms with van der Waals surface area (Å²) in [6.07, 6.45) is -1.06. The third-order valence-corrected chi connectivity index (χ3v) is 3.84. The number of hydrogen-bond acceptors (Lipinski definition) is 5. The van der Waals surface area contributed by atoms with E-state index in [-0.39, 0.29) is 6.54 Å². The molecule has 7 nitrogen and oxygen atoms in total. The molecule has 0 radical (unpaired) electrons. The first kappa shape index (κ1) is 18.5. The molecule has 0 spiro atoms. The first-order valence-electron chi connectivity index (χ1n) is 7.94. The smallest absolute Gasteiger partial charge is 0.414 e. The summed E-state index contributed by atoms with van der Waals surface area (Å²) in [5, 5.41) is 23.1. The van der Waals surface area contributed by atoms with Crippen LogP contribution in [0.4, 0.5) is 10.5 Å². The Bertz CT molecular complexity index is 805. The summed E-state index contributed by atoms with van der Waals surface area (Å²) in [6.45, 7) is 5.93. The quantitative estimate of drug-likeness (QED) is 0.901. The van der Waals surface area contributed by atoms with Crippen molar-refractivity contribution in [3.05, 3.63) is 46.8 Å². The number of aliphatic hydroxyl groups excluding tert-OH is 1. The fourth-order valence-corrected chi connectivity index (χ4v) is 2.77. The van der Waals surface area contributed by atoms with E-state index in [0.717, 1.165) is 11.3 Å². The summed E-state index contributed by atoms with van der Waals surface area (Å²) < 4.78 is 6.61. The van der Waals surface area contributed by atoms with Crippen molar-refractivity contribution in [2.24, 2.45) is 0 Å². The van der Waals surface area contributed by atoms with Gasteiger partial charge in [0.25, 0.3) is 0 Å². The Morgan fingerprint density at radius 2 is 2.20 bits per heavy atom. The SMILES string of the molecule is COC(=O)N(Cc1cccc(C#N)c1)c1c(C)nn(CC(C)O)c1C. The fourth-order valence-electron chi connectivity index (χ4n) is 2.77. The lowest BCUT2D eigenvalue weighted by Crippen LogP contribution is -2.31. The Morgan fingerprint density at radius 3 is 2.80 bits per heavy atom. The minimum Gasteiger partial charge on any atom is -0.452 e. The van der Waals surface area contributed by atoms with Crippen LogP contribution < -0.4 is 4.90 Å². The zero-order valence-electron chi connectivity index (χ0n) is 14.9. The van der Waals surface area contributed by atoms with Gasteiger partial charge in [-0.05, 0) is 38.5 Å². The Labute approximate surface area is 147 Å². The van der Waals surface area contributed by atoms with Crippen LogP contribution in [0.2, 0.25) is 0 Å². The summed E-state index contributed by atoms with van der Waals surface area (Å²) >= 11 is 0. The van der Waals surface area contributed by atoms with Gasteiger partial charge in [-0.25, -0.2) is 4.79 Å². The van der Waals surface area contributed by atoms with Crippen molar-refractivity contribution in [1.29, 1.82) is 5.26 Å². The number of aliphatic hydroxyl groups is 1. The van der Waals surface area contributed by atoms with Crippen LogP contribution in [0.3, 0.4) is 0 Å². The molecule has 1 amide bonds. The molecule has 1 atom stereocenters. The van der Waals surface area contributed by atoms with Crippen LogP contribution in [0.25, 0.3) is 0 Å². The van der Waals surface area contributed by atoms with Crippen LogP contribution in [0.15, 0.2) is 24.3 Å². The second-order valence-electron chi connectivity index (χ2n) is 5.92. The highest BCUT2D eigenvalue weighted by Gasteiger charge is 2.25. The van der Waals surface area contributed by atoms with E-state index < -0.39 is 12.2 Å². The van der Waals surface area contributed by atoms with Gasteiger partial charge < -0.3 is 9.84 Å². The van der Waals surface area contributed by atoms with Gasteiger partial charge >= 0.3 is 6.09 Å². The van der Waals surface area contributed by atoms with Crippen molar-refractivity contribution in [2.45, 2.75) is 40.0 Å². The Hall–Kier alpha value is -2.85. The maximum atomic E-state index is 12.4. The average molecular weight is 342 g/mol. The Balaban J connectivity index is 2.43. The van der Waals surface area contributed by atoms with Crippen molar-refractivity contribution in [1.82, 2.24) is 9.78 Å². The number of amides is 1. The molecule has 1 aromatic carbocycles. The van der Waals surface area contributed by atoms with Gasteiger partial charge in [0.1, 0.15) is 0 Å². The minimum absolute atomic E-state index is 0.254. The monoisotopic (exact) mass is 342 g/mol. The van der Waals surface area contributed by atoms with E-state index in [0.29, 0.717) is 23.5 Å². The first-order valence-corrected chi connectivity index (χ1v) is 7.94. The summed E-state index contributed by atoms with van der Waals surface area (Å²) in [6, 6.07) is 9.17. The molecule has 7 heteroatoms. The molecule has 0 aliphatic heterocycles. The summed E-state index contributed by atoms with van der Waals surface area (Å²) in [5.41, 5.74) is 3.42. The second kappa shape index (κ2) is 7.81. The predicted octanol–water partition coefficient (Wildman–Crippen LogP) is 2.53. The van der Waals surface area contributed by atoms with Crippen LogP contribution >= 0.6 is 0 Å². The molecule has 1 unspecified atom stereocenters. The van der Waals surface area contributed by atoms with Crippen molar-refractivity contribution in [3.8, 4) is 6.07 Å². The van der Waals surface area contributed by atoms with Crippen LogP contribution in [-0.4, -0.2) is 34.2 Å². The van der Waals surface area contributed by atoms with E-state index in [9.17, 15) is 9.90 Å².